The number of methoxy groups -OCH3 is 1. The summed E-state index contributed by atoms with van der Waals surface area (Å²) in [5, 5.41) is 0. The minimum atomic E-state index is -0.260. The predicted octanol–water partition coefficient (Wildman–Crippen LogP) is 5.33. The first kappa shape index (κ1) is 17.4. The number of rotatable bonds is 4. The van der Waals surface area contributed by atoms with Crippen molar-refractivity contribution in [2.75, 3.05) is 12.0 Å². The number of ether oxygens (including phenoxy) is 2. The SMILES string of the molecule is COc1cc2c(cc1Br)N(C(=O)OCc1ccccc1)C(C1CC1)CC2. The number of carbonyl (C=O) groups is 1. The van der Waals surface area contributed by atoms with Gasteiger partial charge in [0.1, 0.15) is 12.4 Å². The smallest absolute Gasteiger partial charge is 0.414 e. The second kappa shape index (κ2) is 7.31. The minimum absolute atomic E-state index is 0.228. The van der Waals surface area contributed by atoms with Crippen molar-refractivity contribution >= 4 is 27.7 Å². The van der Waals surface area contributed by atoms with Gasteiger partial charge < -0.3 is 9.47 Å². The van der Waals surface area contributed by atoms with Crippen molar-refractivity contribution in [1.82, 2.24) is 0 Å². The number of fused-ring (bicyclic) bond motifs is 1. The Morgan fingerprint density at radius 3 is 2.65 bits per heavy atom. The van der Waals surface area contributed by atoms with E-state index >= 15 is 0 Å². The summed E-state index contributed by atoms with van der Waals surface area (Å²) in [6.07, 6.45) is 4.06. The Balaban J connectivity index is 1.61. The quantitative estimate of drug-likeness (QED) is 0.677. The zero-order valence-electron chi connectivity index (χ0n) is 14.8. The lowest BCUT2D eigenvalue weighted by molar-refractivity contribution is 0.142. The molecule has 0 bridgehead atoms. The molecular weight excluding hydrogens is 394 g/mol. The fourth-order valence-corrected chi connectivity index (χ4v) is 4.22. The molecule has 1 aliphatic carbocycles. The van der Waals surface area contributed by atoms with Gasteiger partial charge in [0.2, 0.25) is 0 Å². The van der Waals surface area contributed by atoms with Gasteiger partial charge in [-0.3, -0.25) is 4.90 Å². The number of halogens is 1. The molecule has 1 fully saturated rings. The zero-order chi connectivity index (χ0) is 18.1. The Morgan fingerprint density at radius 1 is 1.19 bits per heavy atom. The maximum absolute atomic E-state index is 13.0. The van der Waals surface area contributed by atoms with Gasteiger partial charge >= 0.3 is 6.09 Å². The summed E-state index contributed by atoms with van der Waals surface area (Å²) in [5.41, 5.74) is 3.08. The largest absolute Gasteiger partial charge is 0.496 e. The molecule has 1 aliphatic heterocycles. The number of hydrogen-bond acceptors (Lipinski definition) is 3. The Labute approximate surface area is 162 Å². The Hall–Kier alpha value is -2.01. The van der Waals surface area contributed by atoms with Crippen molar-refractivity contribution in [1.29, 1.82) is 0 Å². The third kappa shape index (κ3) is 3.45. The fourth-order valence-electron chi connectivity index (χ4n) is 3.73. The molecule has 0 saturated heterocycles. The van der Waals surface area contributed by atoms with Crippen molar-refractivity contribution in [3.05, 3.63) is 58.1 Å². The van der Waals surface area contributed by atoms with Crippen LogP contribution in [0.4, 0.5) is 10.5 Å². The first-order chi connectivity index (χ1) is 12.7. The minimum Gasteiger partial charge on any atom is -0.496 e. The molecule has 1 unspecified atom stereocenters. The fraction of sp³-hybridized carbons (Fsp3) is 0.381. The molecule has 1 amide bonds. The van der Waals surface area contributed by atoms with Crippen molar-refractivity contribution in [3.8, 4) is 5.75 Å². The van der Waals surface area contributed by atoms with E-state index in [1.165, 1.54) is 12.8 Å². The molecular formula is C21H22BrNO3. The number of carbonyl (C=O) groups excluding carboxylic acids is 1. The average Bonchev–Trinajstić information content (AvgIpc) is 3.50. The van der Waals surface area contributed by atoms with Crippen LogP contribution in [-0.2, 0) is 17.8 Å². The van der Waals surface area contributed by atoms with Crippen LogP contribution in [-0.4, -0.2) is 19.2 Å². The first-order valence-corrected chi connectivity index (χ1v) is 9.83. The van der Waals surface area contributed by atoms with Gasteiger partial charge in [-0.2, -0.15) is 0 Å². The van der Waals surface area contributed by atoms with Gasteiger partial charge in [-0.25, -0.2) is 4.79 Å². The summed E-state index contributed by atoms with van der Waals surface area (Å²) in [6, 6.07) is 14.1. The van der Waals surface area contributed by atoms with E-state index in [2.05, 4.69) is 15.9 Å². The summed E-state index contributed by atoms with van der Waals surface area (Å²) in [5.74, 6) is 1.39. The number of hydrogen-bond donors (Lipinski definition) is 0. The molecule has 4 nitrogen and oxygen atoms in total. The molecule has 2 aliphatic rings. The molecule has 5 heteroatoms. The average molecular weight is 416 g/mol. The third-order valence-corrected chi connectivity index (χ3v) is 5.84. The highest BCUT2D eigenvalue weighted by Gasteiger charge is 2.42. The van der Waals surface area contributed by atoms with Gasteiger partial charge in [-0.05, 0) is 70.8 Å². The van der Waals surface area contributed by atoms with Crippen LogP contribution < -0.4 is 9.64 Å². The summed E-state index contributed by atoms with van der Waals surface area (Å²) in [4.78, 5) is 14.9. The molecule has 0 aromatic heterocycles. The maximum atomic E-state index is 13.0. The van der Waals surface area contributed by atoms with E-state index in [9.17, 15) is 4.79 Å². The number of aryl methyl sites for hydroxylation is 1. The van der Waals surface area contributed by atoms with E-state index in [0.29, 0.717) is 12.5 Å². The van der Waals surface area contributed by atoms with E-state index < -0.39 is 0 Å². The van der Waals surface area contributed by atoms with Crippen LogP contribution in [0, 0.1) is 5.92 Å². The number of amides is 1. The maximum Gasteiger partial charge on any atom is 0.414 e. The van der Waals surface area contributed by atoms with E-state index in [1.54, 1.807) is 7.11 Å². The number of benzene rings is 2. The molecule has 1 saturated carbocycles. The molecule has 0 spiro atoms. The lowest BCUT2D eigenvalue weighted by Crippen LogP contribution is -2.45. The molecule has 4 rings (SSSR count). The lowest BCUT2D eigenvalue weighted by atomic mass is 9.93. The van der Waals surface area contributed by atoms with E-state index in [0.717, 1.165) is 39.9 Å². The summed E-state index contributed by atoms with van der Waals surface area (Å²) < 4.78 is 11.9. The summed E-state index contributed by atoms with van der Waals surface area (Å²) >= 11 is 3.56. The summed E-state index contributed by atoms with van der Waals surface area (Å²) in [7, 11) is 1.66. The normalized spacial score (nSPS) is 19.0. The molecule has 26 heavy (non-hydrogen) atoms. The van der Waals surface area contributed by atoms with Gasteiger partial charge in [0.15, 0.2) is 0 Å². The zero-order valence-corrected chi connectivity index (χ0v) is 16.4. The standard InChI is InChI=1S/C21H22BrNO3/c1-25-20-11-16-9-10-18(15-7-8-15)23(19(16)12-17(20)22)21(24)26-13-14-5-3-2-4-6-14/h2-6,11-12,15,18H,7-10,13H2,1H3. The number of anilines is 1. The van der Waals surface area contributed by atoms with Gasteiger partial charge in [0, 0.05) is 6.04 Å². The number of nitrogens with zero attached hydrogens (tertiary/aromatic N) is 1. The molecule has 0 N–H and O–H groups in total. The van der Waals surface area contributed by atoms with Crippen molar-refractivity contribution < 1.29 is 14.3 Å². The first-order valence-electron chi connectivity index (χ1n) is 9.03. The second-order valence-electron chi connectivity index (χ2n) is 6.97. The Kier molecular flexibility index (Phi) is 4.90. The molecule has 1 atom stereocenters. The van der Waals surface area contributed by atoms with Gasteiger partial charge in [-0.1, -0.05) is 30.3 Å². The molecule has 136 valence electrons. The predicted molar refractivity (Wildman–Crippen MR) is 105 cm³/mol. The Morgan fingerprint density at radius 2 is 1.96 bits per heavy atom. The van der Waals surface area contributed by atoms with Crippen molar-refractivity contribution in [2.45, 2.75) is 38.3 Å². The van der Waals surface area contributed by atoms with Crippen LogP contribution in [0.5, 0.6) is 5.75 Å². The van der Waals surface area contributed by atoms with Crippen LogP contribution in [0.25, 0.3) is 0 Å². The van der Waals surface area contributed by atoms with E-state index in [4.69, 9.17) is 9.47 Å². The summed E-state index contributed by atoms with van der Waals surface area (Å²) in [6.45, 7) is 0.292. The van der Waals surface area contributed by atoms with E-state index in [-0.39, 0.29) is 12.1 Å². The van der Waals surface area contributed by atoms with Crippen LogP contribution in [0.1, 0.15) is 30.4 Å². The van der Waals surface area contributed by atoms with E-state index in [1.807, 2.05) is 47.4 Å². The van der Waals surface area contributed by atoms with Crippen molar-refractivity contribution in [2.24, 2.45) is 5.92 Å². The van der Waals surface area contributed by atoms with Gasteiger partial charge in [0.25, 0.3) is 0 Å². The van der Waals surface area contributed by atoms with Crippen LogP contribution in [0.15, 0.2) is 46.9 Å². The Bertz CT molecular complexity index is 804. The highest BCUT2D eigenvalue weighted by atomic mass is 79.9. The van der Waals surface area contributed by atoms with Crippen LogP contribution in [0.2, 0.25) is 0 Å². The van der Waals surface area contributed by atoms with Crippen molar-refractivity contribution in [3.63, 3.8) is 0 Å². The third-order valence-electron chi connectivity index (χ3n) is 5.22. The van der Waals surface area contributed by atoms with Gasteiger partial charge in [-0.15, -0.1) is 0 Å². The highest BCUT2D eigenvalue weighted by molar-refractivity contribution is 9.10. The monoisotopic (exact) mass is 415 g/mol. The highest BCUT2D eigenvalue weighted by Crippen LogP contribution is 2.45. The van der Waals surface area contributed by atoms with Gasteiger partial charge in [0.05, 0.1) is 17.3 Å². The molecule has 1 heterocycles. The topological polar surface area (TPSA) is 38.8 Å². The lowest BCUT2D eigenvalue weighted by Gasteiger charge is -2.37. The molecule has 2 aromatic carbocycles. The molecule has 2 aromatic rings. The second-order valence-corrected chi connectivity index (χ2v) is 7.82. The van der Waals surface area contributed by atoms with Crippen LogP contribution in [0.3, 0.4) is 0 Å². The molecule has 0 radical (unpaired) electrons. The van der Waals surface area contributed by atoms with Crippen LogP contribution >= 0.6 is 15.9 Å².